The lowest BCUT2D eigenvalue weighted by molar-refractivity contribution is 0.629. The molecule has 0 saturated carbocycles. The summed E-state index contributed by atoms with van der Waals surface area (Å²) >= 11 is 0. The minimum Gasteiger partial charge on any atom is -0.314 e. The Morgan fingerprint density at radius 3 is 1.66 bits per heavy atom. The maximum atomic E-state index is 10.6. The van der Waals surface area contributed by atoms with Crippen molar-refractivity contribution in [3.05, 3.63) is 196 Å². The highest BCUT2D eigenvalue weighted by atomic mass is 15.2. The Morgan fingerprint density at radius 2 is 1.15 bits per heavy atom. The molecule has 2 aliphatic heterocycles. The maximum absolute atomic E-state index is 10.6. The first-order valence-corrected chi connectivity index (χ1v) is 18.3. The van der Waals surface area contributed by atoms with Crippen LogP contribution in [0.3, 0.4) is 0 Å². The smallest absolute Gasteiger partial charge is 0.0994 e. The zero-order valence-corrected chi connectivity index (χ0v) is 30.9. The summed E-state index contributed by atoms with van der Waals surface area (Å²) in [4.78, 5) is 4.61. The highest BCUT2D eigenvalue weighted by molar-refractivity contribution is 5.86. The molecule has 2 unspecified atom stereocenters. The van der Waals surface area contributed by atoms with Crippen molar-refractivity contribution in [1.82, 2.24) is 0 Å². The number of nitrogens with zero attached hydrogens (tertiary/aromatic N) is 4. The van der Waals surface area contributed by atoms with Crippen LogP contribution in [-0.2, 0) is 10.8 Å². The van der Waals surface area contributed by atoms with Crippen molar-refractivity contribution in [3.8, 4) is 12.1 Å². The van der Waals surface area contributed by atoms with Gasteiger partial charge in [-0.2, -0.15) is 10.5 Å². The topological polar surface area (TPSA) is 54.1 Å². The molecule has 0 saturated heterocycles. The molecule has 0 bridgehead atoms. The van der Waals surface area contributed by atoms with Crippen molar-refractivity contribution in [2.24, 2.45) is 5.92 Å². The van der Waals surface area contributed by atoms with Crippen molar-refractivity contribution in [3.63, 3.8) is 0 Å². The molecule has 0 fully saturated rings. The molecule has 0 N–H and O–H groups in total. The van der Waals surface area contributed by atoms with Crippen LogP contribution in [0.5, 0.6) is 0 Å². The zero-order valence-electron chi connectivity index (χ0n) is 30.9. The van der Waals surface area contributed by atoms with Crippen LogP contribution in [0.25, 0.3) is 0 Å². The molecule has 0 spiro atoms. The third-order valence-electron chi connectivity index (χ3n) is 11.5. The van der Waals surface area contributed by atoms with E-state index in [-0.39, 0.29) is 16.7 Å². The van der Waals surface area contributed by atoms with E-state index in [0.29, 0.717) is 16.7 Å². The Hall–Kier alpha value is -6.36. The summed E-state index contributed by atoms with van der Waals surface area (Å²) in [5.41, 5.74) is 14.2. The fourth-order valence-electron chi connectivity index (χ4n) is 8.81. The summed E-state index contributed by atoms with van der Waals surface area (Å²) in [6.07, 6.45) is 5.95. The second kappa shape index (κ2) is 12.7. The second-order valence-electron chi connectivity index (χ2n) is 15.3. The van der Waals surface area contributed by atoms with Crippen LogP contribution in [0.1, 0.15) is 68.4 Å². The van der Waals surface area contributed by atoms with Gasteiger partial charge in [0.25, 0.3) is 0 Å². The molecular formula is C49H42N4. The van der Waals surface area contributed by atoms with E-state index < -0.39 is 5.92 Å². The number of para-hydroxylation sites is 4. The van der Waals surface area contributed by atoms with Gasteiger partial charge in [0.05, 0.1) is 35.0 Å². The van der Waals surface area contributed by atoms with Gasteiger partial charge >= 0.3 is 0 Å². The van der Waals surface area contributed by atoms with E-state index in [2.05, 4.69) is 184 Å². The molecule has 5 aromatic carbocycles. The Labute approximate surface area is 313 Å². The van der Waals surface area contributed by atoms with Crippen LogP contribution in [0.15, 0.2) is 169 Å². The molecule has 4 heteroatoms. The van der Waals surface area contributed by atoms with Gasteiger partial charge in [-0.1, -0.05) is 131 Å². The largest absolute Gasteiger partial charge is 0.314 e. The quantitative estimate of drug-likeness (QED) is 0.173. The van der Waals surface area contributed by atoms with E-state index in [9.17, 15) is 10.5 Å². The van der Waals surface area contributed by atoms with Crippen LogP contribution >= 0.6 is 0 Å². The van der Waals surface area contributed by atoms with Gasteiger partial charge in [0, 0.05) is 39.5 Å². The van der Waals surface area contributed by atoms with Crippen LogP contribution < -0.4 is 9.80 Å². The number of rotatable bonds is 5. The lowest BCUT2D eigenvalue weighted by Crippen LogP contribution is -2.32. The van der Waals surface area contributed by atoms with Crippen molar-refractivity contribution in [1.29, 1.82) is 10.5 Å². The molecule has 4 nitrogen and oxygen atoms in total. The summed E-state index contributed by atoms with van der Waals surface area (Å²) < 4.78 is 0. The molecule has 3 aliphatic rings. The molecule has 1 aliphatic carbocycles. The summed E-state index contributed by atoms with van der Waals surface area (Å²) in [7, 11) is 0. The monoisotopic (exact) mass is 686 g/mol. The first-order valence-electron chi connectivity index (χ1n) is 18.3. The number of hydrogen-bond donors (Lipinski definition) is 0. The van der Waals surface area contributed by atoms with E-state index >= 15 is 0 Å². The van der Waals surface area contributed by atoms with Crippen molar-refractivity contribution in [2.45, 2.75) is 51.4 Å². The van der Waals surface area contributed by atoms with Gasteiger partial charge in [0.15, 0.2) is 0 Å². The summed E-state index contributed by atoms with van der Waals surface area (Å²) in [6.45, 7) is 15.7. The third-order valence-corrected chi connectivity index (χ3v) is 11.5. The van der Waals surface area contributed by atoms with E-state index in [0.717, 1.165) is 39.7 Å². The van der Waals surface area contributed by atoms with Gasteiger partial charge in [-0.15, -0.1) is 0 Å². The zero-order chi connectivity index (χ0) is 37.1. The number of anilines is 5. The maximum Gasteiger partial charge on any atom is 0.0994 e. The van der Waals surface area contributed by atoms with Crippen LogP contribution in [0.4, 0.5) is 28.4 Å². The summed E-state index contributed by atoms with van der Waals surface area (Å²) in [5, 5.41) is 21.1. The lowest BCUT2D eigenvalue weighted by atomic mass is 9.73. The molecule has 2 heterocycles. The first kappa shape index (κ1) is 33.8. The minimum absolute atomic E-state index is 0.158. The number of fused-ring (bicyclic) bond motifs is 4. The third kappa shape index (κ3) is 5.34. The molecule has 8 rings (SSSR count). The normalized spacial score (nSPS) is 19.3. The number of benzene rings is 5. The molecule has 258 valence electrons. The molecule has 2 atom stereocenters. The first-order chi connectivity index (χ1) is 25.6. The lowest BCUT2D eigenvalue weighted by Gasteiger charge is -2.42. The number of hydrogen-bond acceptors (Lipinski definition) is 4. The number of allylic oxidation sites excluding steroid dienone is 7. The van der Waals surface area contributed by atoms with Crippen LogP contribution in [0.2, 0.25) is 0 Å². The second-order valence-corrected chi connectivity index (χ2v) is 15.3. The van der Waals surface area contributed by atoms with Gasteiger partial charge in [-0.3, -0.25) is 0 Å². The van der Waals surface area contributed by atoms with Gasteiger partial charge in [-0.05, 0) is 88.4 Å². The summed E-state index contributed by atoms with van der Waals surface area (Å²) in [6, 6.07) is 47.7. The Kier molecular flexibility index (Phi) is 8.09. The molecular weight excluding hydrogens is 645 g/mol. The average molecular weight is 687 g/mol. The number of nitriles is 2. The minimum atomic E-state index is -0.486. The van der Waals surface area contributed by atoms with Gasteiger partial charge in [-0.25, -0.2) is 0 Å². The molecule has 5 aromatic rings. The van der Waals surface area contributed by atoms with Gasteiger partial charge in [0.2, 0.25) is 0 Å². The molecule has 0 aromatic heterocycles. The molecule has 53 heavy (non-hydrogen) atoms. The Bertz CT molecular complexity index is 2400. The molecule has 0 amide bonds. The van der Waals surface area contributed by atoms with Gasteiger partial charge < -0.3 is 9.80 Å². The van der Waals surface area contributed by atoms with E-state index in [4.69, 9.17) is 0 Å². The Morgan fingerprint density at radius 1 is 0.660 bits per heavy atom. The predicted octanol–water partition coefficient (Wildman–Crippen LogP) is 12.3. The predicted molar refractivity (Wildman–Crippen MR) is 217 cm³/mol. The highest BCUT2D eigenvalue weighted by Crippen LogP contribution is 2.53. The van der Waals surface area contributed by atoms with E-state index in [1.807, 2.05) is 18.2 Å². The highest BCUT2D eigenvalue weighted by Gasteiger charge is 2.38. The SMILES string of the molecule is C=C(/C=C(\C)N1c2ccccc2C(C)(C)c2ccccc21)C1=CC(C#N)C(c2cccc(N3c4ccccc4C(C)(C)c4ccccc43)c2)C=C1C#N. The molecule has 0 radical (unpaired) electrons. The fraction of sp³-hybridized carbons (Fsp3) is 0.184. The van der Waals surface area contributed by atoms with Crippen LogP contribution in [0, 0.1) is 28.6 Å². The summed E-state index contributed by atoms with van der Waals surface area (Å²) in [5.74, 6) is -0.786. The van der Waals surface area contributed by atoms with Crippen LogP contribution in [-0.4, -0.2) is 0 Å². The van der Waals surface area contributed by atoms with Crippen molar-refractivity contribution >= 4 is 28.4 Å². The standard InChI is InChI=1S/C49H42N4/c1-32(26-33(2)52-44-22-11-7-18-40(44)48(3,4)41-19-8-12-23-45(41)52)38-28-36(31-51)39(29-35(38)30-50)34-16-15-17-37(27-34)53-46-24-13-9-20-42(46)49(5,6)43-21-10-14-25-47(43)53/h7-29,36,39H,1H2,2-6H3/b33-26+. The van der Waals surface area contributed by atoms with Crippen molar-refractivity contribution in [2.75, 3.05) is 9.80 Å². The van der Waals surface area contributed by atoms with Gasteiger partial charge in [0.1, 0.15) is 0 Å². The van der Waals surface area contributed by atoms with Crippen molar-refractivity contribution < 1.29 is 0 Å². The Balaban J connectivity index is 1.15. The average Bonchev–Trinajstić information content (AvgIpc) is 3.18. The fourth-order valence-corrected chi connectivity index (χ4v) is 8.81. The van der Waals surface area contributed by atoms with E-state index in [1.54, 1.807) is 0 Å². The van der Waals surface area contributed by atoms with E-state index in [1.165, 1.54) is 22.3 Å².